The first-order chi connectivity index (χ1) is 9.43. The lowest BCUT2D eigenvalue weighted by molar-refractivity contribution is 0.0990. The van der Waals surface area contributed by atoms with Gasteiger partial charge in [-0.3, -0.25) is 9.48 Å². The number of aryl methyl sites for hydroxylation is 2. The summed E-state index contributed by atoms with van der Waals surface area (Å²) in [4.78, 5) is 12.5. The number of hydrogen-bond acceptors (Lipinski definition) is 2. The lowest BCUT2D eigenvalue weighted by Gasteiger charge is -2.06. The molecule has 0 unspecified atom stereocenters. The van der Waals surface area contributed by atoms with E-state index in [2.05, 4.69) is 43.6 Å². The highest BCUT2D eigenvalue weighted by molar-refractivity contribution is 14.1. The summed E-state index contributed by atoms with van der Waals surface area (Å²) in [5, 5.41) is 4.94. The van der Waals surface area contributed by atoms with Crippen molar-refractivity contribution < 1.29 is 4.79 Å². The van der Waals surface area contributed by atoms with Gasteiger partial charge in [-0.1, -0.05) is 34.5 Å². The summed E-state index contributed by atoms with van der Waals surface area (Å²) in [6.07, 6.45) is 1.01. The van der Waals surface area contributed by atoms with Gasteiger partial charge in [0.05, 0.1) is 22.8 Å². The highest BCUT2D eigenvalue weighted by atomic mass is 127. The van der Waals surface area contributed by atoms with Crippen LogP contribution < -0.4 is 0 Å². The molecule has 1 aromatic heterocycles. The van der Waals surface area contributed by atoms with E-state index in [1.807, 2.05) is 32.2 Å². The van der Waals surface area contributed by atoms with Crippen molar-refractivity contribution in [3.05, 3.63) is 48.2 Å². The summed E-state index contributed by atoms with van der Waals surface area (Å²) in [5.41, 5.74) is 2.27. The number of halogens is 3. The lowest BCUT2D eigenvalue weighted by Crippen LogP contribution is -2.09. The summed E-state index contributed by atoms with van der Waals surface area (Å²) in [7, 11) is 1.82. The summed E-state index contributed by atoms with van der Waals surface area (Å²) in [6, 6.07) is 5.71. The van der Waals surface area contributed by atoms with Gasteiger partial charge in [0.1, 0.15) is 0 Å². The summed E-state index contributed by atoms with van der Waals surface area (Å²) >= 11 is 11.9. The first-order valence-electron chi connectivity index (χ1n) is 6.12. The molecule has 0 saturated heterocycles. The minimum atomic E-state index is 0.0305. The first kappa shape index (κ1) is 16.0. The number of carbonyl (C=O) groups is 1. The molecule has 106 valence electrons. The molecule has 1 heterocycles. The number of rotatable bonds is 4. The Hall–Kier alpha value is -0.400. The number of ketones is 1. The van der Waals surface area contributed by atoms with Crippen molar-refractivity contribution in [1.29, 1.82) is 0 Å². The Morgan fingerprint density at radius 3 is 2.80 bits per heavy atom. The van der Waals surface area contributed by atoms with Gasteiger partial charge in [-0.25, -0.2) is 0 Å². The number of carbonyl (C=O) groups excluding carboxylic acids is 1. The van der Waals surface area contributed by atoms with E-state index in [1.54, 1.807) is 4.68 Å². The van der Waals surface area contributed by atoms with Crippen molar-refractivity contribution in [2.45, 2.75) is 19.8 Å². The average molecular weight is 468 g/mol. The maximum Gasteiger partial charge on any atom is 0.170 e. The Labute approximate surface area is 145 Å². The van der Waals surface area contributed by atoms with Gasteiger partial charge in [-0.15, -0.1) is 0 Å². The predicted octanol–water partition coefficient (Wildman–Crippen LogP) is 4.43. The molecular weight excluding hydrogens is 454 g/mol. The summed E-state index contributed by atoms with van der Waals surface area (Å²) in [6.45, 7) is 2.00. The maximum absolute atomic E-state index is 12.5. The predicted molar refractivity (Wildman–Crippen MR) is 92.5 cm³/mol. The fourth-order valence-corrected chi connectivity index (χ4v) is 3.29. The average Bonchev–Trinajstić information content (AvgIpc) is 2.68. The Bertz CT molecular complexity index is 669. The van der Waals surface area contributed by atoms with Crippen LogP contribution in [0.2, 0.25) is 5.02 Å². The second-order valence-corrected chi connectivity index (χ2v) is 6.89. The zero-order valence-corrected chi connectivity index (χ0v) is 15.6. The molecular formula is C14H13BrClIN2O. The molecule has 0 amide bonds. The lowest BCUT2D eigenvalue weighted by atomic mass is 10.1. The van der Waals surface area contributed by atoms with Crippen LogP contribution in [0, 0.1) is 3.57 Å². The molecule has 0 saturated carbocycles. The van der Waals surface area contributed by atoms with Crippen LogP contribution in [-0.2, 0) is 19.9 Å². The molecule has 0 bridgehead atoms. The number of benzene rings is 1. The van der Waals surface area contributed by atoms with Gasteiger partial charge in [-0.2, -0.15) is 5.10 Å². The largest absolute Gasteiger partial charge is 0.294 e. The molecule has 0 N–H and O–H groups in total. The molecule has 2 aromatic rings. The molecule has 2 rings (SSSR count). The van der Waals surface area contributed by atoms with Crippen LogP contribution in [0.4, 0.5) is 0 Å². The first-order valence-corrected chi connectivity index (χ1v) is 8.37. The quantitative estimate of drug-likeness (QED) is 0.493. The van der Waals surface area contributed by atoms with Crippen LogP contribution in [-0.4, -0.2) is 15.6 Å². The zero-order chi connectivity index (χ0) is 14.9. The van der Waals surface area contributed by atoms with Crippen LogP contribution >= 0.6 is 50.1 Å². The molecule has 6 heteroatoms. The van der Waals surface area contributed by atoms with Gasteiger partial charge in [-0.05, 0) is 47.2 Å². The van der Waals surface area contributed by atoms with Crippen LogP contribution in [0.1, 0.15) is 28.7 Å². The smallest absolute Gasteiger partial charge is 0.170 e. The number of Topliss-reactive ketones (excluding diaryl/α,β-unsaturated/α-hetero) is 1. The minimum Gasteiger partial charge on any atom is -0.294 e. The zero-order valence-electron chi connectivity index (χ0n) is 11.1. The van der Waals surface area contributed by atoms with Crippen LogP contribution in [0.25, 0.3) is 0 Å². The van der Waals surface area contributed by atoms with E-state index in [9.17, 15) is 4.79 Å². The van der Waals surface area contributed by atoms with E-state index in [-0.39, 0.29) is 12.2 Å². The molecule has 0 aliphatic rings. The topological polar surface area (TPSA) is 34.9 Å². The monoisotopic (exact) mass is 466 g/mol. The Kier molecular flexibility index (Phi) is 5.25. The van der Waals surface area contributed by atoms with Crippen LogP contribution in [0.3, 0.4) is 0 Å². The molecule has 1 aromatic carbocycles. The molecule has 20 heavy (non-hydrogen) atoms. The van der Waals surface area contributed by atoms with Gasteiger partial charge in [0.15, 0.2) is 5.78 Å². The molecule has 0 atom stereocenters. The van der Waals surface area contributed by atoms with Crippen molar-refractivity contribution >= 4 is 55.9 Å². The van der Waals surface area contributed by atoms with Crippen molar-refractivity contribution in [2.75, 3.05) is 0 Å². The fourth-order valence-electron chi connectivity index (χ4n) is 1.97. The third kappa shape index (κ3) is 3.26. The van der Waals surface area contributed by atoms with Crippen molar-refractivity contribution in [3.8, 4) is 0 Å². The Morgan fingerprint density at radius 1 is 1.50 bits per heavy atom. The molecule has 0 fully saturated rings. The highest BCUT2D eigenvalue weighted by Crippen LogP contribution is 2.25. The summed E-state index contributed by atoms with van der Waals surface area (Å²) in [5.74, 6) is 0.0305. The third-order valence-corrected chi connectivity index (χ3v) is 4.86. The van der Waals surface area contributed by atoms with Gasteiger partial charge in [0.25, 0.3) is 0 Å². The number of nitrogens with zero attached hydrogens (tertiary/aromatic N) is 2. The van der Waals surface area contributed by atoms with E-state index in [0.717, 1.165) is 25.9 Å². The highest BCUT2D eigenvalue weighted by Gasteiger charge is 2.18. The SMILES string of the molecule is CCc1nn(C)c(CC(=O)c2cc(I)ccc2Br)c1Cl. The van der Waals surface area contributed by atoms with E-state index in [0.29, 0.717) is 10.6 Å². The molecule has 0 aliphatic carbocycles. The van der Waals surface area contributed by atoms with Crippen LogP contribution in [0.5, 0.6) is 0 Å². The van der Waals surface area contributed by atoms with Crippen molar-refractivity contribution in [1.82, 2.24) is 9.78 Å². The summed E-state index contributed by atoms with van der Waals surface area (Å²) < 4.78 is 3.53. The molecule has 0 aliphatic heterocycles. The number of aromatic nitrogens is 2. The molecule has 0 radical (unpaired) electrons. The normalized spacial score (nSPS) is 10.8. The Balaban J connectivity index is 2.33. The number of hydrogen-bond donors (Lipinski definition) is 0. The fraction of sp³-hybridized carbons (Fsp3) is 0.286. The van der Waals surface area contributed by atoms with Gasteiger partial charge in [0.2, 0.25) is 0 Å². The van der Waals surface area contributed by atoms with Crippen LogP contribution in [0.15, 0.2) is 22.7 Å². The third-order valence-electron chi connectivity index (χ3n) is 3.06. The van der Waals surface area contributed by atoms with Crippen molar-refractivity contribution in [2.24, 2.45) is 7.05 Å². The van der Waals surface area contributed by atoms with E-state index in [4.69, 9.17) is 11.6 Å². The second-order valence-electron chi connectivity index (χ2n) is 4.41. The maximum atomic E-state index is 12.5. The van der Waals surface area contributed by atoms with Gasteiger partial charge in [0, 0.05) is 20.7 Å². The minimum absolute atomic E-state index is 0.0305. The second kappa shape index (κ2) is 6.58. The van der Waals surface area contributed by atoms with E-state index < -0.39 is 0 Å². The van der Waals surface area contributed by atoms with Gasteiger partial charge < -0.3 is 0 Å². The molecule has 3 nitrogen and oxygen atoms in total. The molecule has 0 spiro atoms. The van der Waals surface area contributed by atoms with E-state index in [1.165, 1.54) is 0 Å². The van der Waals surface area contributed by atoms with E-state index >= 15 is 0 Å². The standard InChI is InChI=1S/C14H13BrClIN2O/c1-3-11-14(16)12(19(2)18-11)7-13(20)9-6-8(17)4-5-10(9)15/h4-6H,3,7H2,1-2H3. The van der Waals surface area contributed by atoms with Crippen molar-refractivity contribution in [3.63, 3.8) is 0 Å². The Morgan fingerprint density at radius 2 is 2.20 bits per heavy atom. The van der Waals surface area contributed by atoms with Gasteiger partial charge >= 0.3 is 0 Å².